The standard InChI is InChI=1S/C11H15F3N2O3S.ClH/c1-10(2,15)7-16-20(17,18)9-5-3-4-8(6-9)19-11(12,13)14;/h3-6,16H,7,15H2,1-2H3;1H. The Balaban J connectivity index is 0.00000400. The Kier molecular flexibility index (Phi) is 6.49. The van der Waals surface area contributed by atoms with Crippen molar-refractivity contribution in [1.82, 2.24) is 4.72 Å². The number of sulfonamides is 1. The lowest BCUT2D eigenvalue weighted by Crippen LogP contribution is -2.45. The lowest BCUT2D eigenvalue weighted by Gasteiger charge is -2.19. The van der Waals surface area contributed by atoms with Gasteiger partial charge in [0.15, 0.2) is 0 Å². The number of benzene rings is 1. The van der Waals surface area contributed by atoms with Crippen molar-refractivity contribution in [1.29, 1.82) is 0 Å². The summed E-state index contributed by atoms with van der Waals surface area (Å²) in [6, 6.07) is 4.12. The number of halogens is 4. The summed E-state index contributed by atoms with van der Waals surface area (Å²) >= 11 is 0. The van der Waals surface area contributed by atoms with Gasteiger partial charge >= 0.3 is 6.36 Å². The van der Waals surface area contributed by atoms with Crippen LogP contribution in [0.2, 0.25) is 0 Å². The van der Waals surface area contributed by atoms with Gasteiger partial charge in [-0.2, -0.15) is 0 Å². The zero-order chi connectivity index (χ0) is 15.6. The molecule has 0 aliphatic carbocycles. The number of nitrogens with one attached hydrogen (secondary N) is 1. The van der Waals surface area contributed by atoms with E-state index in [1.165, 1.54) is 0 Å². The third kappa shape index (κ3) is 7.51. The van der Waals surface area contributed by atoms with Crippen LogP contribution in [0.1, 0.15) is 13.8 Å². The Hall–Kier alpha value is -1.03. The second-order valence-electron chi connectivity index (χ2n) is 4.84. The minimum atomic E-state index is -4.88. The normalized spacial score (nSPS) is 12.7. The van der Waals surface area contributed by atoms with Gasteiger partial charge in [-0.05, 0) is 26.0 Å². The van der Waals surface area contributed by atoms with E-state index in [1.54, 1.807) is 13.8 Å². The summed E-state index contributed by atoms with van der Waals surface area (Å²) in [7, 11) is -3.95. The molecule has 0 heterocycles. The van der Waals surface area contributed by atoms with Crippen LogP contribution in [-0.4, -0.2) is 26.9 Å². The summed E-state index contributed by atoms with van der Waals surface area (Å²) in [5.74, 6) is -0.604. The van der Waals surface area contributed by atoms with Crippen LogP contribution in [0, 0.1) is 0 Å². The molecule has 1 aromatic rings. The predicted molar refractivity (Wildman–Crippen MR) is 73.8 cm³/mol. The maximum Gasteiger partial charge on any atom is 0.573 e. The second-order valence-corrected chi connectivity index (χ2v) is 6.60. The monoisotopic (exact) mass is 348 g/mol. The molecule has 0 aromatic heterocycles. The van der Waals surface area contributed by atoms with E-state index in [-0.39, 0.29) is 23.8 Å². The van der Waals surface area contributed by atoms with E-state index in [0.717, 1.165) is 24.3 Å². The first-order chi connectivity index (χ1) is 8.89. The third-order valence-corrected chi connectivity index (χ3v) is 3.47. The number of alkyl halides is 3. The Labute approximate surface area is 127 Å². The Morgan fingerprint density at radius 2 is 1.86 bits per heavy atom. The van der Waals surface area contributed by atoms with Crippen molar-refractivity contribution < 1.29 is 26.3 Å². The van der Waals surface area contributed by atoms with Crippen LogP contribution in [0.4, 0.5) is 13.2 Å². The molecule has 5 nitrogen and oxygen atoms in total. The van der Waals surface area contributed by atoms with Crippen molar-refractivity contribution in [2.75, 3.05) is 6.54 Å². The van der Waals surface area contributed by atoms with Crippen LogP contribution in [0.5, 0.6) is 5.75 Å². The average molecular weight is 349 g/mol. The number of hydrogen-bond donors (Lipinski definition) is 2. The van der Waals surface area contributed by atoms with Crippen molar-refractivity contribution in [3.63, 3.8) is 0 Å². The van der Waals surface area contributed by atoms with Gasteiger partial charge in [0.05, 0.1) is 4.90 Å². The lowest BCUT2D eigenvalue weighted by atomic mass is 10.1. The van der Waals surface area contributed by atoms with Gasteiger partial charge < -0.3 is 10.5 Å². The van der Waals surface area contributed by atoms with Gasteiger partial charge in [0.1, 0.15) is 5.75 Å². The molecule has 0 fully saturated rings. The Morgan fingerprint density at radius 3 is 2.33 bits per heavy atom. The number of nitrogens with two attached hydrogens (primary N) is 1. The van der Waals surface area contributed by atoms with Crippen LogP contribution in [0.15, 0.2) is 29.2 Å². The van der Waals surface area contributed by atoms with Crippen LogP contribution in [-0.2, 0) is 10.0 Å². The van der Waals surface area contributed by atoms with Crippen LogP contribution in [0.25, 0.3) is 0 Å². The molecule has 0 bridgehead atoms. The molecule has 21 heavy (non-hydrogen) atoms. The molecule has 10 heteroatoms. The number of hydrogen-bond acceptors (Lipinski definition) is 4. The largest absolute Gasteiger partial charge is 0.573 e. The minimum Gasteiger partial charge on any atom is -0.406 e. The first kappa shape index (κ1) is 20.0. The Morgan fingerprint density at radius 1 is 1.29 bits per heavy atom. The molecule has 0 atom stereocenters. The zero-order valence-electron chi connectivity index (χ0n) is 11.3. The van der Waals surface area contributed by atoms with Gasteiger partial charge in [-0.25, -0.2) is 13.1 Å². The molecule has 0 aliphatic heterocycles. The van der Waals surface area contributed by atoms with E-state index < -0.39 is 27.7 Å². The smallest absolute Gasteiger partial charge is 0.406 e. The van der Waals surface area contributed by atoms with Crippen LogP contribution < -0.4 is 15.2 Å². The van der Waals surface area contributed by atoms with Gasteiger partial charge in [-0.3, -0.25) is 0 Å². The summed E-state index contributed by atoms with van der Waals surface area (Å²) in [6.07, 6.45) is -4.88. The summed E-state index contributed by atoms with van der Waals surface area (Å²) in [5, 5.41) is 0. The molecular formula is C11H16ClF3N2O3S. The fourth-order valence-corrected chi connectivity index (χ4v) is 2.46. The first-order valence-corrected chi connectivity index (χ1v) is 7.02. The van der Waals surface area contributed by atoms with Crippen molar-refractivity contribution in [3.05, 3.63) is 24.3 Å². The molecule has 0 saturated heterocycles. The highest BCUT2D eigenvalue weighted by Gasteiger charge is 2.31. The maximum absolute atomic E-state index is 12.1. The van der Waals surface area contributed by atoms with Gasteiger partial charge in [0.2, 0.25) is 10.0 Å². The molecule has 0 radical (unpaired) electrons. The molecule has 122 valence electrons. The molecule has 3 N–H and O–H groups in total. The molecule has 0 unspecified atom stereocenters. The van der Waals surface area contributed by atoms with Gasteiger partial charge in [-0.15, -0.1) is 25.6 Å². The molecule has 0 aliphatic rings. The van der Waals surface area contributed by atoms with Crippen molar-refractivity contribution in [2.24, 2.45) is 5.73 Å². The number of ether oxygens (including phenoxy) is 1. The summed E-state index contributed by atoms with van der Waals surface area (Å²) in [5.41, 5.74) is 4.85. The fraction of sp³-hybridized carbons (Fsp3) is 0.455. The molecule has 1 aromatic carbocycles. The predicted octanol–water partition coefficient (Wildman–Crippen LogP) is 2.02. The minimum absolute atomic E-state index is 0. The van der Waals surface area contributed by atoms with Gasteiger partial charge in [0, 0.05) is 18.2 Å². The van der Waals surface area contributed by atoms with E-state index in [4.69, 9.17) is 5.73 Å². The fourth-order valence-electron chi connectivity index (χ4n) is 1.20. The van der Waals surface area contributed by atoms with E-state index in [9.17, 15) is 21.6 Å². The van der Waals surface area contributed by atoms with Crippen molar-refractivity contribution >= 4 is 22.4 Å². The SMILES string of the molecule is CC(C)(N)CNS(=O)(=O)c1cccc(OC(F)(F)F)c1.Cl. The highest BCUT2D eigenvalue weighted by atomic mass is 35.5. The van der Waals surface area contributed by atoms with Crippen LogP contribution in [0.3, 0.4) is 0 Å². The highest BCUT2D eigenvalue weighted by molar-refractivity contribution is 7.89. The lowest BCUT2D eigenvalue weighted by molar-refractivity contribution is -0.274. The van der Waals surface area contributed by atoms with Gasteiger partial charge in [0.25, 0.3) is 0 Å². The molecule has 0 saturated carbocycles. The van der Waals surface area contributed by atoms with Crippen molar-refractivity contribution in [3.8, 4) is 5.75 Å². The van der Waals surface area contributed by atoms with E-state index >= 15 is 0 Å². The third-order valence-electron chi connectivity index (χ3n) is 2.07. The van der Waals surface area contributed by atoms with E-state index in [0.29, 0.717) is 0 Å². The summed E-state index contributed by atoms with van der Waals surface area (Å²) in [6.45, 7) is 3.16. The zero-order valence-corrected chi connectivity index (χ0v) is 12.9. The molecule has 0 spiro atoms. The molecular weight excluding hydrogens is 333 g/mol. The first-order valence-electron chi connectivity index (χ1n) is 5.53. The quantitative estimate of drug-likeness (QED) is 0.853. The highest BCUT2D eigenvalue weighted by Crippen LogP contribution is 2.24. The molecule has 1 rings (SSSR count). The van der Waals surface area contributed by atoms with E-state index in [2.05, 4.69) is 9.46 Å². The second kappa shape index (κ2) is 6.82. The van der Waals surface area contributed by atoms with Crippen LogP contribution >= 0.6 is 12.4 Å². The van der Waals surface area contributed by atoms with Gasteiger partial charge in [-0.1, -0.05) is 6.07 Å². The average Bonchev–Trinajstić information content (AvgIpc) is 2.24. The molecule has 0 amide bonds. The summed E-state index contributed by atoms with van der Waals surface area (Å²) in [4.78, 5) is -0.330. The van der Waals surface area contributed by atoms with Crippen molar-refractivity contribution in [2.45, 2.75) is 30.6 Å². The maximum atomic E-state index is 12.1. The Bertz CT molecular complexity index is 571. The summed E-state index contributed by atoms with van der Waals surface area (Å²) < 4.78 is 65.9. The number of rotatable bonds is 5. The van der Waals surface area contributed by atoms with E-state index in [1.807, 2.05) is 0 Å². The topological polar surface area (TPSA) is 81.4 Å².